The number of hydrogen-bond acceptors (Lipinski definition) is 3. The number of hydrogen-bond donors (Lipinski definition) is 0. The monoisotopic (exact) mass is 280 g/mol. The fraction of sp³-hybridized carbons (Fsp3) is 0.625. The zero-order valence-electron chi connectivity index (χ0n) is 8.20. The van der Waals surface area contributed by atoms with E-state index in [-0.39, 0.29) is 5.75 Å². The van der Waals surface area contributed by atoms with Gasteiger partial charge in [0.1, 0.15) is 9.84 Å². The third kappa shape index (κ3) is 3.09. The molecule has 0 aromatic carbocycles. The van der Waals surface area contributed by atoms with Crippen molar-refractivity contribution in [1.29, 1.82) is 0 Å². The number of aryl methyl sites for hydroxylation is 1. The molecule has 0 aliphatic carbocycles. The molecule has 1 aromatic heterocycles. The van der Waals surface area contributed by atoms with Crippen LogP contribution >= 0.6 is 15.9 Å². The summed E-state index contributed by atoms with van der Waals surface area (Å²) in [4.78, 5) is 0. The molecule has 0 aliphatic rings. The van der Waals surface area contributed by atoms with Crippen LogP contribution in [0.1, 0.15) is 11.3 Å². The molecule has 0 saturated carbocycles. The van der Waals surface area contributed by atoms with Crippen molar-refractivity contribution in [2.75, 3.05) is 12.0 Å². The van der Waals surface area contributed by atoms with Crippen LogP contribution in [-0.4, -0.2) is 30.2 Å². The van der Waals surface area contributed by atoms with Gasteiger partial charge in [-0.1, -0.05) is 15.9 Å². The Bertz CT molecular complexity index is 411. The summed E-state index contributed by atoms with van der Waals surface area (Å²) in [5.74, 6) is 0.136. The summed E-state index contributed by atoms with van der Waals surface area (Å²) in [6, 6.07) is 0. The first-order valence-electron chi connectivity index (χ1n) is 4.19. The van der Waals surface area contributed by atoms with Crippen LogP contribution in [0.2, 0.25) is 0 Å². The van der Waals surface area contributed by atoms with Crippen molar-refractivity contribution in [1.82, 2.24) is 9.78 Å². The topological polar surface area (TPSA) is 52.0 Å². The number of aromatic nitrogens is 2. The van der Waals surface area contributed by atoms with E-state index >= 15 is 0 Å². The lowest BCUT2D eigenvalue weighted by Crippen LogP contribution is -2.13. The number of nitrogens with zero attached hydrogens (tertiary/aromatic N) is 2. The van der Waals surface area contributed by atoms with Gasteiger partial charge < -0.3 is 0 Å². The summed E-state index contributed by atoms with van der Waals surface area (Å²) >= 11 is 3.34. The Morgan fingerprint density at radius 2 is 2.21 bits per heavy atom. The van der Waals surface area contributed by atoms with Crippen LogP contribution in [0.4, 0.5) is 0 Å². The molecule has 0 amide bonds. The second-order valence-electron chi connectivity index (χ2n) is 3.24. The Labute approximate surface area is 92.4 Å². The van der Waals surface area contributed by atoms with E-state index in [9.17, 15) is 8.42 Å². The highest BCUT2D eigenvalue weighted by Crippen LogP contribution is 2.10. The molecule has 0 atom stereocenters. The molecule has 0 unspecified atom stereocenters. The van der Waals surface area contributed by atoms with Crippen molar-refractivity contribution in [2.24, 2.45) is 0 Å². The minimum absolute atomic E-state index is 0.136. The maximum absolute atomic E-state index is 10.9. The van der Waals surface area contributed by atoms with Crippen molar-refractivity contribution in [3.05, 3.63) is 17.5 Å². The fourth-order valence-corrected chi connectivity index (χ4v) is 2.15. The largest absolute Gasteiger partial charge is 0.269 e. The molecular formula is C8H13BrN2O2S. The molecule has 0 radical (unpaired) electrons. The molecular weight excluding hydrogens is 268 g/mol. The summed E-state index contributed by atoms with van der Waals surface area (Å²) in [7, 11) is -2.91. The second kappa shape index (κ2) is 4.44. The lowest BCUT2D eigenvalue weighted by Gasteiger charge is -2.03. The van der Waals surface area contributed by atoms with Crippen LogP contribution in [0.25, 0.3) is 0 Å². The van der Waals surface area contributed by atoms with Gasteiger partial charge in [-0.2, -0.15) is 5.10 Å². The van der Waals surface area contributed by atoms with E-state index < -0.39 is 9.84 Å². The molecule has 0 saturated heterocycles. The van der Waals surface area contributed by atoms with E-state index in [1.54, 1.807) is 10.9 Å². The first-order valence-corrected chi connectivity index (χ1v) is 7.37. The van der Waals surface area contributed by atoms with Gasteiger partial charge in [-0.25, -0.2) is 8.42 Å². The molecule has 0 fully saturated rings. The summed E-state index contributed by atoms with van der Waals surface area (Å²) in [5.41, 5.74) is 2.11. The van der Waals surface area contributed by atoms with E-state index in [1.165, 1.54) is 6.26 Å². The van der Waals surface area contributed by atoms with Gasteiger partial charge in [0.2, 0.25) is 0 Å². The fourth-order valence-electron chi connectivity index (χ4n) is 1.09. The Kier molecular flexibility index (Phi) is 3.71. The zero-order valence-corrected chi connectivity index (χ0v) is 10.6. The molecule has 1 heterocycles. The zero-order chi connectivity index (χ0) is 10.8. The average molecular weight is 281 g/mol. The molecule has 0 aliphatic heterocycles. The predicted octanol–water partition coefficient (Wildman–Crippen LogP) is 1.13. The molecule has 1 rings (SSSR count). The Hall–Kier alpha value is -0.360. The van der Waals surface area contributed by atoms with Gasteiger partial charge >= 0.3 is 0 Å². The highest BCUT2D eigenvalue weighted by atomic mass is 79.9. The average Bonchev–Trinajstić information content (AvgIpc) is 2.42. The minimum Gasteiger partial charge on any atom is -0.269 e. The van der Waals surface area contributed by atoms with Crippen LogP contribution in [0.5, 0.6) is 0 Å². The molecule has 4 nitrogen and oxygen atoms in total. The summed E-state index contributed by atoms with van der Waals surface area (Å²) in [6.45, 7) is 2.36. The van der Waals surface area contributed by atoms with Crippen LogP contribution in [0.3, 0.4) is 0 Å². The third-order valence-corrected chi connectivity index (χ3v) is 3.55. The van der Waals surface area contributed by atoms with Crippen molar-refractivity contribution in [2.45, 2.75) is 18.8 Å². The highest BCUT2D eigenvalue weighted by molar-refractivity contribution is 9.08. The number of alkyl halides is 1. The molecule has 80 valence electrons. The van der Waals surface area contributed by atoms with Gasteiger partial charge in [-0.05, 0) is 6.92 Å². The maximum atomic E-state index is 10.9. The van der Waals surface area contributed by atoms with Gasteiger partial charge in [0, 0.05) is 22.8 Å². The summed E-state index contributed by atoms with van der Waals surface area (Å²) in [6.07, 6.45) is 2.99. The summed E-state index contributed by atoms with van der Waals surface area (Å²) < 4.78 is 23.6. The number of halogens is 1. The highest BCUT2D eigenvalue weighted by Gasteiger charge is 2.07. The maximum Gasteiger partial charge on any atom is 0.149 e. The van der Waals surface area contributed by atoms with Gasteiger partial charge in [-0.15, -0.1) is 0 Å². The second-order valence-corrected chi connectivity index (χ2v) is 6.06. The smallest absolute Gasteiger partial charge is 0.149 e. The van der Waals surface area contributed by atoms with Crippen molar-refractivity contribution in [3.8, 4) is 0 Å². The van der Waals surface area contributed by atoms with Crippen molar-refractivity contribution in [3.63, 3.8) is 0 Å². The first-order chi connectivity index (χ1) is 6.44. The standard InChI is InChI=1S/C8H13BrN2O2S/c1-7-8(5-9)6-10-11(7)3-4-14(2,12)13/h6H,3-5H2,1-2H3. The molecule has 14 heavy (non-hydrogen) atoms. The van der Waals surface area contributed by atoms with E-state index in [4.69, 9.17) is 0 Å². The van der Waals surface area contributed by atoms with E-state index in [1.807, 2.05) is 6.92 Å². The lowest BCUT2D eigenvalue weighted by atomic mass is 10.3. The van der Waals surface area contributed by atoms with E-state index in [0.717, 1.165) is 16.6 Å². The van der Waals surface area contributed by atoms with Gasteiger partial charge in [0.25, 0.3) is 0 Å². The van der Waals surface area contributed by atoms with Crippen molar-refractivity contribution >= 4 is 25.8 Å². The molecule has 6 heteroatoms. The third-order valence-electron chi connectivity index (χ3n) is 2.02. The predicted molar refractivity (Wildman–Crippen MR) is 59.3 cm³/mol. The molecule has 1 aromatic rings. The van der Waals surface area contributed by atoms with Crippen LogP contribution < -0.4 is 0 Å². The van der Waals surface area contributed by atoms with Gasteiger partial charge in [0.15, 0.2) is 0 Å². The van der Waals surface area contributed by atoms with Gasteiger partial charge in [0.05, 0.1) is 18.5 Å². The van der Waals surface area contributed by atoms with Crippen LogP contribution in [-0.2, 0) is 21.7 Å². The van der Waals surface area contributed by atoms with Crippen LogP contribution in [0.15, 0.2) is 6.20 Å². The number of sulfone groups is 1. The van der Waals surface area contributed by atoms with Crippen molar-refractivity contribution < 1.29 is 8.42 Å². The normalized spacial score (nSPS) is 11.9. The SMILES string of the molecule is Cc1c(CBr)cnn1CCS(C)(=O)=O. The molecule has 0 bridgehead atoms. The number of rotatable bonds is 4. The Morgan fingerprint density at radius 1 is 1.57 bits per heavy atom. The minimum atomic E-state index is -2.91. The first kappa shape index (κ1) is 11.7. The quantitative estimate of drug-likeness (QED) is 0.777. The Balaban J connectivity index is 2.73. The van der Waals surface area contributed by atoms with Crippen LogP contribution in [0, 0.1) is 6.92 Å². The van der Waals surface area contributed by atoms with E-state index in [0.29, 0.717) is 6.54 Å². The molecule has 0 spiro atoms. The van der Waals surface area contributed by atoms with E-state index in [2.05, 4.69) is 21.0 Å². The molecule has 0 N–H and O–H groups in total. The Morgan fingerprint density at radius 3 is 2.64 bits per heavy atom. The summed E-state index contributed by atoms with van der Waals surface area (Å²) in [5, 5.41) is 4.86. The lowest BCUT2D eigenvalue weighted by molar-refractivity contribution is 0.582. The van der Waals surface area contributed by atoms with Gasteiger partial charge in [-0.3, -0.25) is 4.68 Å².